The first kappa shape index (κ1) is 14.4. The molecule has 2 amide bonds. The van der Waals surface area contributed by atoms with Gasteiger partial charge in [0.1, 0.15) is 0 Å². The molecule has 0 radical (unpaired) electrons. The Balaban J connectivity index is 2.13. The summed E-state index contributed by atoms with van der Waals surface area (Å²) in [7, 11) is 0. The van der Waals surface area contributed by atoms with Gasteiger partial charge in [0.2, 0.25) is 0 Å². The van der Waals surface area contributed by atoms with Crippen molar-refractivity contribution in [3.63, 3.8) is 0 Å². The number of benzene rings is 1. The fourth-order valence-corrected chi connectivity index (χ4v) is 2.41. The summed E-state index contributed by atoms with van der Waals surface area (Å²) < 4.78 is 0. The summed E-state index contributed by atoms with van der Waals surface area (Å²) in [4.78, 5) is 25.2. The number of amides is 2. The van der Waals surface area contributed by atoms with Crippen molar-refractivity contribution in [2.45, 2.75) is 26.7 Å². The van der Waals surface area contributed by atoms with E-state index in [2.05, 4.69) is 12.2 Å². The lowest BCUT2D eigenvalue weighted by Crippen LogP contribution is -2.40. The molecule has 1 aromatic carbocycles. The molecule has 1 heterocycles. The molecule has 0 saturated carbocycles. The number of aromatic carboxylic acids is 1. The van der Waals surface area contributed by atoms with Crippen LogP contribution in [-0.4, -0.2) is 35.1 Å². The van der Waals surface area contributed by atoms with Crippen LogP contribution in [0.2, 0.25) is 0 Å². The topological polar surface area (TPSA) is 69.6 Å². The average Bonchev–Trinajstić information content (AvgIpc) is 2.41. The maximum absolute atomic E-state index is 12.2. The van der Waals surface area contributed by atoms with E-state index < -0.39 is 5.97 Å². The third-order valence-corrected chi connectivity index (χ3v) is 3.81. The van der Waals surface area contributed by atoms with Gasteiger partial charge >= 0.3 is 12.0 Å². The lowest BCUT2D eigenvalue weighted by molar-refractivity contribution is 0.0698. The Hall–Kier alpha value is -2.04. The van der Waals surface area contributed by atoms with Crippen molar-refractivity contribution in [1.29, 1.82) is 0 Å². The van der Waals surface area contributed by atoms with Crippen LogP contribution in [0.3, 0.4) is 0 Å². The van der Waals surface area contributed by atoms with Crippen molar-refractivity contribution in [2.24, 2.45) is 5.92 Å². The van der Waals surface area contributed by atoms with Crippen molar-refractivity contribution in [3.05, 3.63) is 29.3 Å². The Bertz CT molecular complexity index is 520. The highest BCUT2D eigenvalue weighted by Crippen LogP contribution is 2.22. The molecule has 1 saturated heterocycles. The largest absolute Gasteiger partial charge is 0.478 e. The number of anilines is 1. The summed E-state index contributed by atoms with van der Waals surface area (Å²) in [6.07, 6.45) is 1.99. The predicted molar refractivity (Wildman–Crippen MR) is 77.1 cm³/mol. The fraction of sp³-hybridized carbons (Fsp3) is 0.467. The van der Waals surface area contributed by atoms with Gasteiger partial charge in [0.15, 0.2) is 0 Å². The van der Waals surface area contributed by atoms with Gasteiger partial charge in [-0.1, -0.05) is 19.1 Å². The van der Waals surface area contributed by atoms with E-state index in [0.717, 1.165) is 31.5 Å². The van der Waals surface area contributed by atoms with Gasteiger partial charge in [0.25, 0.3) is 0 Å². The molecule has 20 heavy (non-hydrogen) atoms. The van der Waals surface area contributed by atoms with Crippen LogP contribution in [-0.2, 0) is 0 Å². The molecule has 0 aromatic heterocycles. The highest BCUT2D eigenvalue weighted by Gasteiger charge is 2.22. The van der Waals surface area contributed by atoms with Gasteiger partial charge < -0.3 is 15.3 Å². The number of carboxylic acid groups (broad SMARTS) is 1. The zero-order valence-corrected chi connectivity index (χ0v) is 11.8. The van der Waals surface area contributed by atoms with Gasteiger partial charge in [-0.2, -0.15) is 0 Å². The minimum absolute atomic E-state index is 0.128. The van der Waals surface area contributed by atoms with Crippen LogP contribution in [0.5, 0.6) is 0 Å². The number of carboxylic acids is 1. The molecule has 0 unspecified atom stereocenters. The number of likely N-dealkylation sites (tertiary alicyclic amines) is 1. The number of aryl methyl sites for hydroxylation is 1. The van der Waals surface area contributed by atoms with E-state index >= 15 is 0 Å². The average molecular weight is 276 g/mol. The highest BCUT2D eigenvalue weighted by molar-refractivity contribution is 6.01. The van der Waals surface area contributed by atoms with E-state index in [0.29, 0.717) is 11.6 Å². The minimum Gasteiger partial charge on any atom is -0.478 e. The number of nitrogens with one attached hydrogen (secondary N) is 1. The van der Waals surface area contributed by atoms with E-state index in [1.54, 1.807) is 24.0 Å². The molecule has 5 nitrogen and oxygen atoms in total. The molecule has 1 aliphatic heterocycles. The summed E-state index contributed by atoms with van der Waals surface area (Å²) in [6, 6.07) is 4.76. The quantitative estimate of drug-likeness (QED) is 0.872. The Labute approximate surface area is 118 Å². The Kier molecular flexibility index (Phi) is 4.27. The Morgan fingerprint density at radius 2 is 1.95 bits per heavy atom. The standard InChI is InChI=1S/C15H20N2O3/c1-10-6-8-17(9-7-10)15(20)16-13-11(2)4-3-5-12(13)14(18)19/h3-5,10H,6-9H2,1-2H3,(H,16,20)(H,18,19). The number of para-hydroxylation sites is 1. The second-order valence-corrected chi connectivity index (χ2v) is 5.40. The summed E-state index contributed by atoms with van der Waals surface area (Å²) in [5.74, 6) is -0.386. The Morgan fingerprint density at radius 3 is 2.55 bits per heavy atom. The molecule has 0 aliphatic carbocycles. The molecular weight excluding hydrogens is 256 g/mol. The summed E-state index contributed by atoms with van der Waals surface area (Å²) in [6.45, 7) is 5.42. The van der Waals surface area contributed by atoms with Crippen molar-refractivity contribution >= 4 is 17.7 Å². The Morgan fingerprint density at radius 1 is 1.30 bits per heavy atom. The number of rotatable bonds is 2. The third-order valence-electron chi connectivity index (χ3n) is 3.81. The zero-order chi connectivity index (χ0) is 14.7. The lowest BCUT2D eigenvalue weighted by Gasteiger charge is -2.30. The molecule has 0 bridgehead atoms. The second-order valence-electron chi connectivity index (χ2n) is 5.40. The summed E-state index contributed by atoms with van der Waals surface area (Å²) in [5, 5.41) is 11.9. The number of carbonyl (C=O) groups is 2. The smallest absolute Gasteiger partial charge is 0.337 e. The van der Waals surface area contributed by atoms with Crippen LogP contribution in [0.1, 0.15) is 35.7 Å². The van der Waals surface area contributed by atoms with Crippen LogP contribution in [0.25, 0.3) is 0 Å². The van der Waals surface area contributed by atoms with E-state index in [-0.39, 0.29) is 11.6 Å². The summed E-state index contributed by atoms with van der Waals surface area (Å²) in [5.41, 5.74) is 1.27. The van der Waals surface area contributed by atoms with Gasteiger partial charge in [-0.05, 0) is 37.3 Å². The molecule has 0 spiro atoms. The summed E-state index contributed by atoms with van der Waals surface area (Å²) >= 11 is 0. The number of hydrogen-bond acceptors (Lipinski definition) is 2. The van der Waals surface area contributed by atoms with E-state index in [1.165, 1.54) is 6.07 Å². The van der Waals surface area contributed by atoms with E-state index in [1.807, 2.05) is 0 Å². The monoisotopic (exact) mass is 276 g/mol. The first-order valence-electron chi connectivity index (χ1n) is 6.88. The van der Waals surface area contributed by atoms with Crippen molar-refractivity contribution < 1.29 is 14.7 Å². The van der Waals surface area contributed by atoms with Gasteiger partial charge in [0, 0.05) is 13.1 Å². The van der Waals surface area contributed by atoms with Crippen molar-refractivity contribution in [2.75, 3.05) is 18.4 Å². The molecule has 108 valence electrons. The molecule has 5 heteroatoms. The molecule has 2 N–H and O–H groups in total. The van der Waals surface area contributed by atoms with Crippen LogP contribution in [0.4, 0.5) is 10.5 Å². The first-order valence-corrected chi connectivity index (χ1v) is 6.88. The first-order chi connectivity index (χ1) is 9.49. The van der Waals surface area contributed by atoms with E-state index in [9.17, 15) is 14.7 Å². The molecule has 0 atom stereocenters. The SMILES string of the molecule is Cc1cccc(C(=O)O)c1NC(=O)N1CCC(C)CC1. The van der Waals surface area contributed by atoms with E-state index in [4.69, 9.17) is 0 Å². The van der Waals surface area contributed by atoms with Crippen LogP contribution < -0.4 is 5.32 Å². The number of piperidine rings is 1. The molecular formula is C15H20N2O3. The van der Waals surface area contributed by atoms with Crippen LogP contribution >= 0.6 is 0 Å². The van der Waals surface area contributed by atoms with Gasteiger partial charge in [-0.25, -0.2) is 9.59 Å². The maximum Gasteiger partial charge on any atom is 0.337 e. The minimum atomic E-state index is -1.03. The van der Waals surface area contributed by atoms with Crippen molar-refractivity contribution in [1.82, 2.24) is 4.90 Å². The lowest BCUT2D eigenvalue weighted by atomic mass is 9.99. The normalized spacial score (nSPS) is 16.0. The number of urea groups is 1. The van der Waals surface area contributed by atoms with Crippen LogP contribution in [0, 0.1) is 12.8 Å². The molecule has 2 rings (SSSR count). The van der Waals surface area contributed by atoms with Crippen LogP contribution in [0.15, 0.2) is 18.2 Å². The van der Waals surface area contributed by atoms with Gasteiger partial charge in [-0.15, -0.1) is 0 Å². The second kappa shape index (κ2) is 5.94. The van der Waals surface area contributed by atoms with Gasteiger partial charge in [-0.3, -0.25) is 0 Å². The highest BCUT2D eigenvalue weighted by atomic mass is 16.4. The number of nitrogens with zero attached hydrogens (tertiary/aromatic N) is 1. The van der Waals surface area contributed by atoms with Gasteiger partial charge in [0.05, 0.1) is 11.3 Å². The molecule has 1 fully saturated rings. The zero-order valence-electron chi connectivity index (χ0n) is 11.8. The molecule has 1 aromatic rings. The third kappa shape index (κ3) is 3.10. The number of hydrogen-bond donors (Lipinski definition) is 2. The fourth-order valence-electron chi connectivity index (χ4n) is 2.41. The predicted octanol–water partition coefficient (Wildman–Crippen LogP) is 2.96. The van der Waals surface area contributed by atoms with Crippen molar-refractivity contribution in [3.8, 4) is 0 Å². The molecule has 1 aliphatic rings. The number of carbonyl (C=O) groups excluding carboxylic acids is 1. The maximum atomic E-state index is 12.2.